The van der Waals surface area contributed by atoms with E-state index in [1.807, 2.05) is 0 Å². The Balaban J connectivity index is 1.86. The van der Waals surface area contributed by atoms with Crippen molar-refractivity contribution in [2.75, 3.05) is 11.1 Å². The van der Waals surface area contributed by atoms with Gasteiger partial charge in [-0.1, -0.05) is 11.6 Å². The maximum atomic E-state index is 12.9. The number of esters is 1. The van der Waals surface area contributed by atoms with Crippen molar-refractivity contribution in [1.29, 1.82) is 0 Å². The Morgan fingerprint density at radius 2 is 1.70 bits per heavy atom. The van der Waals surface area contributed by atoms with Gasteiger partial charge in [-0.3, -0.25) is 9.59 Å². The zero-order valence-electron chi connectivity index (χ0n) is 14.3. The highest BCUT2D eigenvalue weighted by molar-refractivity contribution is 7.91. The summed E-state index contributed by atoms with van der Waals surface area (Å²) in [6.45, 7) is 1.37. The highest BCUT2D eigenvalue weighted by Gasteiger charge is 2.21. The molecular formula is C18H17ClFNO5S. The van der Waals surface area contributed by atoms with Crippen LogP contribution in [0.4, 0.5) is 10.1 Å². The van der Waals surface area contributed by atoms with Crippen LogP contribution in [0.1, 0.15) is 13.3 Å². The average Bonchev–Trinajstić information content (AvgIpc) is 2.62. The van der Waals surface area contributed by atoms with E-state index in [9.17, 15) is 22.4 Å². The van der Waals surface area contributed by atoms with E-state index in [4.69, 9.17) is 16.3 Å². The Hall–Kier alpha value is -2.45. The van der Waals surface area contributed by atoms with Crippen LogP contribution in [0, 0.1) is 5.82 Å². The number of carbonyl (C=O) groups is 2. The van der Waals surface area contributed by atoms with Crippen LogP contribution in [0.5, 0.6) is 0 Å². The first-order valence-electron chi connectivity index (χ1n) is 7.91. The molecule has 0 aliphatic rings. The summed E-state index contributed by atoms with van der Waals surface area (Å²) < 4.78 is 42.1. The lowest BCUT2D eigenvalue weighted by atomic mass is 10.3. The lowest BCUT2D eigenvalue weighted by Gasteiger charge is -2.13. The minimum atomic E-state index is -3.76. The number of nitrogens with one attached hydrogen (secondary N) is 1. The molecule has 9 heteroatoms. The van der Waals surface area contributed by atoms with Gasteiger partial charge in [-0.15, -0.1) is 0 Å². The third kappa shape index (κ3) is 6.33. The van der Waals surface area contributed by atoms with Crippen molar-refractivity contribution in [1.82, 2.24) is 0 Å². The monoisotopic (exact) mass is 413 g/mol. The average molecular weight is 414 g/mol. The molecule has 2 aromatic carbocycles. The van der Waals surface area contributed by atoms with Crippen molar-refractivity contribution in [2.45, 2.75) is 24.3 Å². The van der Waals surface area contributed by atoms with Crippen molar-refractivity contribution in [3.8, 4) is 0 Å². The molecule has 2 rings (SSSR count). The van der Waals surface area contributed by atoms with Gasteiger partial charge in [0.05, 0.1) is 17.1 Å². The molecule has 0 radical (unpaired) electrons. The molecule has 1 N–H and O–H groups in total. The number of halogens is 2. The molecule has 0 spiro atoms. The number of benzene rings is 2. The fourth-order valence-electron chi connectivity index (χ4n) is 2.06. The highest BCUT2D eigenvalue weighted by atomic mass is 35.5. The van der Waals surface area contributed by atoms with Crippen LogP contribution in [0.15, 0.2) is 53.4 Å². The zero-order chi connectivity index (χ0) is 20.0. The van der Waals surface area contributed by atoms with Crippen molar-refractivity contribution >= 4 is 39.0 Å². The van der Waals surface area contributed by atoms with Gasteiger partial charge in [0.15, 0.2) is 15.9 Å². The van der Waals surface area contributed by atoms with Crippen LogP contribution >= 0.6 is 11.6 Å². The minimum absolute atomic E-state index is 0.0924. The summed E-state index contributed by atoms with van der Waals surface area (Å²) in [5.41, 5.74) is 0.478. The van der Waals surface area contributed by atoms with E-state index < -0.39 is 45.8 Å². The summed E-state index contributed by atoms with van der Waals surface area (Å²) in [7, 11) is -3.76. The Bertz CT molecular complexity index is 914. The molecule has 0 saturated heterocycles. The Labute approximate surface area is 161 Å². The van der Waals surface area contributed by atoms with Gasteiger partial charge in [-0.2, -0.15) is 0 Å². The molecular weight excluding hydrogens is 397 g/mol. The van der Waals surface area contributed by atoms with Gasteiger partial charge < -0.3 is 10.1 Å². The van der Waals surface area contributed by atoms with Crippen LogP contribution in [-0.2, 0) is 24.2 Å². The smallest absolute Gasteiger partial charge is 0.307 e. The van der Waals surface area contributed by atoms with Gasteiger partial charge in [-0.25, -0.2) is 12.8 Å². The van der Waals surface area contributed by atoms with E-state index in [2.05, 4.69) is 5.32 Å². The van der Waals surface area contributed by atoms with E-state index in [-0.39, 0.29) is 4.90 Å². The van der Waals surface area contributed by atoms with Crippen LogP contribution < -0.4 is 5.32 Å². The minimum Gasteiger partial charge on any atom is -0.453 e. The number of rotatable bonds is 7. The van der Waals surface area contributed by atoms with E-state index in [0.717, 1.165) is 24.3 Å². The molecule has 2 aromatic rings. The predicted molar refractivity (Wildman–Crippen MR) is 98.7 cm³/mol. The number of sulfone groups is 1. The van der Waals surface area contributed by atoms with Gasteiger partial charge in [0, 0.05) is 10.7 Å². The summed E-state index contributed by atoms with van der Waals surface area (Å²) >= 11 is 5.75. The molecule has 27 heavy (non-hydrogen) atoms. The molecule has 0 aromatic heterocycles. The number of carbonyl (C=O) groups excluding carboxylic acids is 2. The molecule has 0 heterocycles. The van der Waals surface area contributed by atoms with E-state index in [1.54, 1.807) is 24.3 Å². The first kappa shape index (κ1) is 20.9. The standard InChI is InChI=1S/C18H17ClFNO5S/c1-12(18(23)21-15-6-2-13(19)3-7-15)26-17(22)10-11-27(24,25)16-8-4-14(20)5-9-16/h2-9,12H,10-11H2,1H3,(H,21,23)/t12-/m0/s1. The maximum absolute atomic E-state index is 12.9. The second-order valence-corrected chi connectivity index (χ2v) is 8.20. The zero-order valence-corrected chi connectivity index (χ0v) is 15.9. The van der Waals surface area contributed by atoms with Crippen LogP contribution in [0.3, 0.4) is 0 Å². The van der Waals surface area contributed by atoms with Gasteiger partial charge in [-0.05, 0) is 55.5 Å². The lowest BCUT2D eigenvalue weighted by Crippen LogP contribution is -2.30. The molecule has 0 aliphatic carbocycles. The van der Waals surface area contributed by atoms with Crippen molar-refractivity contribution in [2.24, 2.45) is 0 Å². The SMILES string of the molecule is C[C@H](OC(=O)CCS(=O)(=O)c1ccc(F)cc1)C(=O)Nc1ccc(Cl)cc1. The quantitative estimate of drug-likeness (QED) is 0.556. The summed E-state index contributed by atoms with van der Waals surface area (Å²) in [5.74, 6) is -2.47. The number of hydrogen-bond acceptors (Lipinski definition) is 5. The van der Waals surface area contributed by atoms with Crippen LogP contribution in [-0.4, -0.2) is 32.2 Å². The molecule has 1 amide bonds. The van der Waals surface area contributed by atoms with E-state index in [1.165, 1.54) is 6.92 Å². The van der Waals surface area contributed by atoms with Crippen molar-refractivity contribution in [3.63, 3.8) is 0 Å². The predicted octanol–water partition coefficient (Wildman–Crippen LogP) is 3.21. The number of hydrogen-bond donors (Lipinski definition) is 1. The first-order chi connectivity index (χ1) is 12.7. The third-order valence-electron chi connectivity index (χ3n) is 3.54. The summed E-state index contributed by atoms with van der Waals surface area (Å²) in [4.78, 5) is 23.8. The summed E-state index contributed by atoms with van der Waals surface area (Å²) in [5, 5.41) is 3.06. The topological polar surface area (TPSA) is 89.5 Å². The first-order valence-corrected chi connectivity index (χ1v) is 9.94. The third-order valence-corrected chi connectivity index (χ3v) is 5.52. The molecule has 6 nitrogen and oxygen atoms in total. The van der Waals surface area contributed by atoms with Crippen molar-refractivity contribution < 1.29 is 27.1 Å². The Morgan fingerprint density at radius 3 is 2.30 bits per heavy atom. The number of ether oxygens (including phenoxy) is 1. The van der Waals surface area contributed by atoms with Gasteiger partial charge in [0.1, 0.15) is 5.82 Å². The molecule has 0 unspecified atom stereocenters. The van der Waals surface area contributed by atoms with E-state index in [0.29, 0.717) is 10.7 Å². The lowest BCUT2D eigenvalue weighted by molar-refractivity contribution is -0.152. The fraction of sp³-hybridized carbons (Fsp3) is 0.222. The van der Waals surface area contributed by atoms with Gasteiger partial charge in [0.25, 0.3) is 5.91 Å². The Morgan fingerprint density at radius 1 is 1.11 bits per heavy atom. The molecule has 0 saturated carbocycles. The van der Waals surface area contributed by atoms with E-state index >= 15 is 0 Å². The molecule has 1 atom stereocenters. The largest absolute Gasteiger partial charge is 0.453 e. The fourth-order valence-corrected chi connectivity index (χ4v) is 3.41. The second kappa shape index (κ2) is 8.96. The molecule has 0 bridgehead atoms. The summed E-state index contributed by atoms with van der Waals surface area (Å²) in [6.07, 6.45) is -1.54. The van der Waals surface area contributed by atoms with Crippen molar-refractivity contribution in [3.05, 3.63) is 59.4 Å². The Kier molecular flexibility index (Phi) is 6.92. The highest BCUT2D eigenvalue weighted by Crippen LogP contribution is 2.15. The van der Waals surface area contributed by atoms with Crippen LogP contribution in [0.25, 0.3) is 0 Å². The normalized spacial score (nSPS) is 12.3. The molecule has 0 fully saturated rings. The number of anilines is 1. The van der Waals surface area contributed by atoms with Gasteiger partial charge >= 0.3 is 5.97 Å². The van der Waals surface area contributed by atoms with Gasteiger partial charge in [0.2, 0.25) is 0 Å². The molecule has 144 valence electrons. The maximum Gasteiger partial charge on any atom is 0.307 e. The summed E-state index contributed by atoms with van der Waals surface area (Å²) in [6, 6.07) is 10.6. The number of amides is 1. The molecule has 0 aliphatic heterocycles. The second-order valence-electron chi connectivity index (χ2n) is 5.65. The van der Waals surface area contributed by atoms with Crippen LogP contribution in [0.2, 0.25) is 5.02 Å².